The number of ether oxygens (including phenoxy) is 2. The number of carbonyl (C=O) groups excluding carboxylic acids is 1. The van der Waals surface area contributed by atoms with E-state index >= 15 is 0 Å². The van der Waals surface area contributed by atoms with E-state index in [0.29, 0.717) is 45.0 Å². The molecule has 2 aliphatic rings. The molecule has 2 aliphatic heterocycles. The van der Waals surface area contributed by atoms with Gasteiger partial charge in [0.1, 0.15) is 29.6 Å². The maximum Gasteiger partial charge on any atom is 0.254 e. The van der Waals surface area contributed by atoms with Gasteiger partial charge in [0.2, 0.25) is 0 Å². The molecule has 11 nitrogen and oxygen atoms in total. The number of nitrogens with one attached hydrogen (secondary N) is 1. The van der Waals surface area contributed by atoms with Crippen molar-refractivity contribution < 1.29 is 18.7 Å². The van der Waals surface area contributed by atoms with Gasteiger partial charge in [0.05, 0.1) is 43.6 Å². The maximum atomic E-state index is 14.4. The molecule has 1 atom stereocenters. The number of morpholine rings is 1. The number of aromatic amines is 1. The van der Waals surface area contributed by atoms with Crippen molar-refractivity contribution in [3.8, 4) is 23.1 Å². The normalized spacial score (nSPS) is 17.4. The summed E-state index contributed by atoms with van der Waals surface area (Å²) in [6.45, 7) is 4.17. The van der Waals surface area contributed by atoms with Crippen molar-refractivity contribution in [1.29, 1.82) is 5.26 Å². The monoisotopic (exact) mass is 558 g/mol. The van der Waals surface area contributed by atoms with E-state index < -0.39 is 5.82 Å². The Morgan fingerprint density at radius 3 is 2.83 bits per heavy atom. The van der Waals surface area contributed by atoms with E-state index in [2.05, 4.69) is 31.0 Å². The van der Waals surface area contributed by atoms with Gasteiger partial charge in [0.15, 0.2) is 0 Å². The minimum Gasteiger partial charge on any atom is -0.490 e. The molecule has 2 saturated heterocycles. The molecule has 1 amide bonds. The molecule has 4 aromatic rings. The maximum absolute atomic E-state index is 14.4. The van der Waals surface area contributed by atoms with Crippen molar-refractivity contribution in [1.82, 2.24) is 34.5 Å². The number of nitrogens with zero attached hydrogens (tertiary/aromatic N) is 7. The third kappa shape index (κ3) is 6.06. The Bertz CT molecular complexity index is 1550. The number of fused-ring (bicyclic) bond motifs is 1. The predicted octanol–water partition coefficient (Wildman–Crippen LogP) is 3.43. The van der Waals surface area contributed by atoms with Crippen molar-refractivity contribution in [2.24, 2.45) is 0 Å². The number of hydrogen-bond donors (Lipinski definition) is 1. The largest absolute Gasteiger partial charge is 0.490 e. The van der Waals surface area contributed by atoms with Crippen molar-refractivity contribution in [3.63, 3.8) is 0 Å². The second-order valence-electron chi connectivity index (χ2n) is 10.4. The van der Waals surface area contributed by atoms with E-state index in [1.54, 1.807) is 17.2 Å². The number of hydrogen-bond acceptors (Lipinski definition) is 8. The number of aromatic nitrogens is 5. The Hall–Kier alpha value is -4.34. The van der Waals surface area contributed by atoms with Crippen LogP contribution in [-0.4, -0.2) is 92.5 Å². The zero-order valence-electron chi connectivity index (χ0n) is 22.6. The number of piperidine rings is 1. The summed E-state index contributed by atoms with van der Waals surface area (Å²) in [6, 6.07) is 8.34. The molecule has 0 saturated carbocycles. The molecule has 2 fully saturated rings. The Morgan fingerprint density at radius 1 is 1.20 bits per heavy atom. The summed E-state index contributed by atoms with van der Waals surface area (Å²) in [5, 5.41) is 15.0. The van der Waals surface area contributed by atoms with Gasteiger partial charge >= 0.3 is 0 Å². The number of carbonyl (C=O) groups is 1. The van der Waals surface area contributed by atoms with Gasteiger partial charge in [-0.25, -0.2) is 14.4 Å². The molecule has 1 unspecified atom stereocenters. The first-order valence-corrected chi connectivity index (χ1v) is 13.8. The summed E-state index contributed by atoms with van der Waals surface area (Å²) < 4.78 is 27.7. The smallest absolute Gasteiger partial charge is 0.254 e. The molecular weight excluding hydrogens is 527 g/mol. The van der Waals surface area contributed by atoms with Gasteiger partial charge in [-0.15, -0.1) is 0 Å². The zero-order chi connectivity index (χ0) is 28.2. The predicted molar refractivity (Wildman–Crippen MR) is 148 cm³/mol. The molecule has 0 spiro atoms. The molecule has 0 radical (unpaired) electrons. The second kappa shape index (κ2) is 12.0. The van der Waals surface area contributed by atoms with Crippen molar-refractivity contribution in [2.45, 2.75) is 31.4 Å². The Kier molecular flexibility index (Phi) is 7.89. The average molecular weight is 559 g/mol. The molecule has 1 N–H and O–H groups in total. The molecule has 5 heterocycles. The van der Waals surface area contributed by atoms with Crippen LogP contribution in [0.25, 0.3) is 22.3 Å². The summed E-state index contributed by atoms with van der Waals surface area (Å²) in [5.74, 6) is -0.337. The van der Waals surface area contributed by atoms with Crippen LogP contribution in [0, 0.1) is 17.1 Å². The Balaban J connectivity index is 1.07. The van der Waals surface area contributed by atoms with Gasteiger partial charge in [-0.1, -0.05) is 0 Å². The standard InChI is InChI=1S/C29H31FN8O3/c30-22-13-20(29(39)37-9-11-40-12-10-37)14-25(15-22)41-24-3-7-36(8-4-24)18-23(1-5-31)38-17-21(16-35-38)27-26-2-6-32-28(26)34-19-33-27/h2,6,13-17,19,23-24H,1,3-4,7-12,18H2,(H,32,33,34). The third-order valence-corrected chi connectivity index (χ3v) is 7.65. The fraction of sp³-hybridized carbons (Fsp3) is 0.414. The summed E-state index contributed by atoms with van der Waals surface area (Å²) in [5.41, 5.74) is 2.72. The molecule has 41 heavy (non-hydrogen) atoms. The summed E-state index contributed by atoms with van der Waals surface area (Å²) in [4.78, 5) is 28.6. The lowest BCUT2D eigenvalue weighted by Crippen LogP contribution is -2.41. The molecule has 12 heteroatoms. The van der Waals surface area contributed by atoms with E-state index in [0.717, 1.165) is 48.2 Å². The second-order valence-corrected chi connectivity index (χ2v) is 10.4. The van der Waals surface area contributed by atoms with Crippen LogP contribution in [0.2, 0.25) is 0 Å². The first-order valence-electron chi connectivity index (χ1n) is 13.8. The van der Waals surface area contributed by atoms with Gasteiger partial charge in [0, 0.05) is 67.7 Å². The Labute approximate surface area is 236 Å². The first-order chi connectivity index (χ1) is 20.1. The number of amides is 1. The van der Waals surface area contributed by atoms with Crippen LogP contribution in [0.4, 0.5) is 4.39 Å². The third-order valence-electron chi connectivity index (χ3n) is 7.65. The number of H-pyrrole nitrogens is 1. The minimum absolute atomic E-state index is 0.0911. The van der Waals surface area contributed by atoms with Gasteiger partial charge < -0.3 is 24.3 Å². The summed E-state index contributed by atoms with van der Waals surface area (Å²) >= 11 is 0. The highest BCUT2D eigenvalue weighted by atomic mass is 19.1. The quantitative estimate of drug-likeness (QED) is 0.349. The van der Waals surface area contributed by atoms with Gasteiger partial charge in [-0.05, 0) is 31.0 Å². The number of nitriles is 1. The van der Waals surface area contributed by atoms with E-state index in [-0.39, 0.29) is 23.6 Å². The summed E-state index contributed by atoms with van der Waals surface area (Å²) in [7, 11) is 0. The molecule has 3 aromatic heterocycles. The van der Waals surface area contributed by atoms with E-state index in [1.165, 1.54) is 18.5 Å². The van der Waals surface area contributed by atoms with Crippen LogP contribution in [0.3, 0.4) is 0 Å². The lowest BCUT2D eigenvalue weighted by atomic mass is 10.1. The summed E-state index contributed by atoms with van der Waals surface area (Å²) in [6.07, 6.45) is 8.80. The van der Waals surface area contributed by atoms with Crippen LogP contribution in [0.5, 0.6) is 5.75 Å². The molecule has 0 bridgehead atoms. The molecular formula is C29H31FN8O3. The molecule has 0 aliphatic carbocycles. The fourth-order valence-corrected chi connectivity index (χ4v) is 5.51. The highest BCUT2D eigenvalue weighted by Gasteiger charge is 2.26. The fourth-order valence-electron chi connectivity index (χ4n) is 5.51. The van der Waals surface area contributed by atoms with Crippen LogP contribution in [0.1, 0.15) is 35.7 Å². The highest BCUT2D eigenvalue weighted by Crippen LogP contribution is 2.27. The number of benzene rings is 1. The molecule has 212 valence electrons. The number of likely N-dealkylation sites (tertiary alicyclic amines) is 1. The lowest BCUT2D eigenvalue weighted by Gasteiger charge is -2.34. The molecule has 1 aromatic carbocycles. The Morgan fingerprint density at radius 2 is 2.02 bits per heavy atom. The van der Waals surface area contributed by atoms with Gasteiger partial charge in [-0.3, -0.25) is 9.48 Å². The van der Waals surface area contributed by atoms with Crippen molar-refractivity contribution in [2.75, 3.05) is 45.9 Å². The lowest BCUT2D eigenvalue weighted by molar-refractivity contribution is 0.0302. The highest BCUT2D eigenvalue weighted by molar-refractivity contribution is 5.94. The minimum atomic E-state index is -0.492. The SMILES string of the molecule is N#CCC(CN1CCC(Oc2cc(F)cc(C(=O)N3CCOCC3)c2)CC1)n1cc(-c2ncnc3[nH]ccc23)cn1. The van der Waals surface area contributed by atoms with Crippen LogP contribution in [-0.2, 0) is 4.74 Å². The van der Waals surface area contributed by atoms with Crippen LogP contribution >= 0.6 is 0 Å². The van der Waals surface area contributed by atoms with E-state index in [4.69, 9.17) is 9.47 Å². The number of rotatable bonds is 8. The zero-order valence-corrected chi connectivity index (χ0v) is 22.6. The van der Waals surface area contributed by atoms with Gasteiger partial charge in [-0.2, -0.15) is 10.4 Å². The van der Waals surface area contributed by atoms with Gasteiger partial charge in [0.25, 0.3) is 5.91 Å². The van der Waals surface area contributed by atoms with E-state index in [9.17, 15) is 14.4 Å². The topological polar surface area (TPSA) is 125 Å². The number of halogens is 1. The van der Waals surface area contributed by atoms with Crippen LogP contribution in [0.15, 0.2) is 49.2 Å². The van der Waals surface area contributed by atoms with E-state index in [1.807, 2.05) is 23.1 Å². The van der Waals surface area contributed by atoms with Crippen molar-refractivity contribution in [3.05, 3.63) is 60.6 Å². The molecule has 6 rings (SSSR count). The average Bonchev–Trinajstić information content (AvgIpc) is 3.68. The van der Waals surface area contributed by atoms with Crippen molar-refractivity contribution >= 4 is 16.9 Å². The first kappa shape index (κ1) is 26.9. The van der Waals surface area contributed by atoms with Crippen LogP contribution < -0.4 is 4.74 Å².